The minimum atomic E-state index is 0.254. The van der Waals surface area contributed by atoms with Gasteiger partial charge in [-0.3, -0.25) is 4.79 Å². The fourth-order valence-corrected chi connectivity index (χ4v) is 2.38. The molecule has 0 bridgehead atoms. The van der Waals surface area contributed by atoms with Gasteiger partial charge in [0.05, 0.1) is 0 Å². The minimum absolute atomic E-state index is 0.254. The predicted octanol–water partition coefficient (Wildman–Crippen LogP) is 2.27. The van der Waals surface area contributed by atoms with Crippen molar-refractivity contribution in [3.63, 3.8) is 0 Å². The quantitative estimate of drug-likeness (QED) is 0.744. The highest BCUT2D eigenvalue weighted by Gasteiger charge is 2.21. The second-order valence-corrected chi connectivity index (χ2v) is 4.87. The van der Waals surface area contributed by atoms with Crippen LogP contribution in [0.5, 0.6) is 0 Å². The van der Waals surface area contributed by atoms with Crippen molar-refractivity contribution in [2.45, 2.75) is 25.7 Å². The molecule has 0 N–H and O–H groups in total. The van der Waals surface area contributed by atoms with Gasteiger partial charge in [-0.25, -0.2) is 0 Å². The molecule has 0 radical (unpaired) electrons. The third-order valence-electron chi connectivity index (χ3n) is 3.41. The monoisotopic (exact) mass is 217 g/mol. The summed E-state index contributed by atoms with van der Waals surface area (Å²) in [7, 11) is 3.66. The van der Waals surface area contributed by atoms with Crippen LogP contribution in [0, 0.1) is 5.92 Å². The molecule has 1 atom stereocenters. The van der Waals surface area contributed by atoms with E-state index >= 15 is 0 Å². The summed E-state index contributed by atoms with van der Waals surface area (Å²) in [5.41, 5.74) is 2.90. The number of carbonyl (C=O) groups is 1. The zero-order valence-corrected chi connectivity index (χ0v) is 10.1. The Morgan fingerprint density at radius 2 is 2.00 bits per heavy atom. The molecule has 86 valence electrons. The molecule has 0 saturated carbocycles. The highest BCUT2D eigenvalue weighted by atomic mass is 16.2. The van der Waals surface area contributed by atoms with E-state index in [4.69, 9.17) is 0 Å². The normalized spacial score (nSPS) is 19.0. The molecule has 0 spiro atoms. The van der Waals surface area contributed by atoms with E-state index in [0.29, 0.717) is 12.3 Å². The Labute approximate surface area is 97.3 Å². The molecule has 16 heavy (non-hydrogen) atoms. The first-order valence-electron chi connectivity index (χ1n) is 5.93. The summed E-state index contributed by atoms with van der Waals surface area (Å²) >= 11 is 0. The van der Waals surface area contributed by atoms with Crippen molar-refractivity contribution in [2.24, 2.45) is 5.92 Å². The van der Waals surface area contributed by atoms with Crippen LogP contribution < -0.4 is 0 Å². The molecule has 2 heteroatoms. The third kappa shape index (κ3) is 2.43. The van der Waals surface area contributed by atoms with E-state index in [1.807, 2.05) is 14.1 Å². The number of amides is 1. The molecule has 2 rings (SSSR count). The molecule has 0 aliphatic heterocycles. The maximum atomic E-state index is 11.6. The standard InChI is InChI=1S/C14H19NO/c1-15(2)14(16)10-11-7-8-12-5-3-4-6-13(12)9-11/h3-6,11H,7-10H2,1-2H3. The smallest absolute Gasteiger partial charge is 0.222 e. The average Bonchev–Trinajstić information content (AvgIpc) is 2.28. The van der Waals surface area contributed by atoms with E-state index < -0.39 is 0 Å². The molecule has 1 amide bonds. The Morgan fingerprint density at radius 1 is 1.31 bits per heavy atom. The SMILES string of the molecule is CN(C)C(=O)CC1CCc2ccccc2C1. The zero-order chi connectivity index (χ0) is 11.5. The first kappa shape index (κ1) is 11.2. The van der Waals surface area contributed by atoms with Crippen LogP contribution >= 0.6 is 0 Å². The van der Waals surface area contributed by atoms with Crippen LogP contribution in [0.15, 0.2) is 24.3 Å². The lowest BCUT2D eigenvalue weighted by Crippen LogP contribution is -2.26. The fraction of sp³-hybridized carbons (Fsp3) is 0.500. The van der Waals surface area contributed by atoms with E-state index in [2.05, 4.69) is 24.3 Å². The van der Waals surface area contributed by atoms with Gasteiger partial charge in [0.2, 0.25) is 5.91 Å². The van der Waals surface area contributed by atoms with Crippen molar-refractivity contribution in [1.29, 1.82) is 0 Å². The van der Waals surface area contributed by atoms with Crippen molar-refractivity contribution >= 4 is 5.91 Å². The van der Waals surface area contributed by atoms with Crippen LogP contribution in [0.2, 0.25) is 0 Å². The Morgan fingerprint density at radius 3 is 2.69 bits per heavy atom. The molecule has 1 aliphatic carbocycles. The lowest BCUT2D eigenvalue weighted by Gasteiger charge is -2.25. The summed E-state index contributed by atoms with van der Waals surface area (Å²) < 4.78 is 0. The zero-order valence-electron chi connectivity index (χ0n) is 10.1. The largest absolute Gasteiger partial charge is 0.349 e. The third-order valence-corrected chi connectivity index (χ3v) is 3.41. The van der Waals surface area contributed by atoms with Crippen molar-refractivity contribution < 1.29 is 4.79 Å². The van der Waals surface area contributed by atoms with Gasteiger partial charge >= 0.3 is 0 Å². The van der Waals surface area contributed by atoms with Crippen LogP contribution in [-0.4, -0.2) is 24.9 Å². The summed E-state index contributed by atoms with van der Waals surface area (Å²) in [6, 6.07) is 8.60. The van der Waals surface area contributed by atoms with Crippen molar-refractivity contribution in [3.05, 3.63) is 35.4 Å². The van der Waals surface area contributed by atoms with Crippen molar-refractivity contribution in [1.82, 2.24) is 4.90 Å². The Kier molecular flexibility index (Phi) is 3.28. The Bertz CT molecular complexity index is 384. The highest BCUT2D eigenvalue weighted by molar-refractivity contribution is 5.75. The molecular formula is C14H19NO. The molecule has 2 nitrogen and oxygen atoms in total. The Balaban J connectivity index is 2.00. The van der Waals surface area contributed by atoms with Crippen molar-refractivity contribution in [2.75, 3.05) is 14.1 Å². The van der Waals surface area contributed by atoms with Crippen LogP contribution in [0.1, 0.15) is 24.0 Å². The van der Waals surface area contributed by atoms with Gasteiger partial charge in [0.15, 0.2) is 0 Å². The molecule has 1 aromatic rings. The molecule has 0 heterocycles. The number of carbonyl (C=O) groups excluding carboxylic acids is 1. The fourth-order valence-electron chi connectivity index (χ4n) is 2.38. The summed E-state index contributed by atoms with van der Waals surface area (Å²) in [6.07, 6.45) is 4.04. The summed E-state index contributed by atoms with van der Waals surface area (Å²) in [5, 5.41) is 0. The number of benzene rings is 1. The van der Waals surface area contributed by atoms with Gasteiger partial charge in [-0.2, -0.15) is 0 Å². The van der Waals surface area contributed by atoms with Gasteiger partial charge in [-0.15, -0.1) is 0 Å². The van der Waals surface area contributed by atoms with Gasteiger partial charge in [0.25, 0.3) is 0 Å². The van der Waals surface area contributed by atoms with E-state index in [1.165, 1.54) is 11.1 Å². The number of nitrogens with zero attached hydrogens (tertiary/aromatic N) is 1. The minimum Gasteiger partial charge on any atom is -0.349 e. The van der Waals surface area contributed by atoms with Crippen LogP contribution in [-0.2, 0) is 17.6 Å². The maximum Gasteiger partial charge on any atom is 0.222 e. The lowest BCUT2D eigenvalue weighted by atomic mass is 9.82. The number of hydrogen-bond acceptors (Lipinski definition) is 1. The molecule has 1 aliphatic rings. The summed E-state index contributed by atoms with van der Waals surface area (Å²) in [4.78, 5) is 13.3. The first-order valence-corrected chi connectivity index (χ1v) is 5.93. The molecule has 1 aromatic carbocycles. The van der Waals surface area contributed by atoms with Crippen LogP contribution in [0.3, 0.4) is 0 Å². The number of fused-ring (bicyclic) bond motifs is 1. The van der Waals surface area contributed by atoms with Crippen molar-refractivity contribution in [3.8, 4) is 0 Å². The second kappa shape index (κ2) is 4.69. The molecule has 0 aromatic heterocycles. The average molecular weight is 217 g/mol. The van der Waals surface area contributed by atoms with Gasteiger partial charge < -0.3 is 4.90 Å². The first-order chi connectivity index (χ1) is 7.66. The van der Waals surface area contributed by atoms with Crippen LogP contribution in [0.4, 0.5) is 0 Å². The van der Waals surface area contributed by atoms with Gasteiger partial charge in [-0.05, 0) is 36.3 Å². The number of aryl methyl sites for hydroxylation is 1. The lowest BCUT2D eigenvalue weighted by molar-refractivity contribution is -0.129. The van der Waals surface area contributed by atoms with Gasteiger partial charge in [0.1, 0.15) is 0 Å². The van der Waals surface area contributed by atoms with E-state index in [9.17, 15) is 4.79 Å². The highest BCUT2D eigenvalue weighted by Crippen LogP contribution is 2.27. The predicted molar refractivity (Wildman–Crippen MR) is 65.3 cm³/mol. The van der Waals surface area contributed by atoms with Gasteiger partial charge in [0, 0.05) is 20.5 Å². The second-order valence-electron chi connectivity index (χ2n) is 4.87. The number of hydrogen-bond donors (Lipinski definition) is 0. The summed E-state index contributed by atoms with van der Waals surface area (Å²) in [6.45, 7) is 0. The van der Waals surface area contributed by atoms with E-state index in [1.54, 1.807) is 4.90 Å². The van der Waals surface area contributed by atoms with E-state index in [0.717, 1.165) is 19.3 Å². The van der Waals surface area contributed by atoms with E-state index in [-0.39, 0.29) is 5.91 Å². The molecule has 0 fully saturated rings. The number of rotatable bonds is 2. The summed E-state index contributed by atoms with van der Waals surface area (Å²) in [5.74, 6) is 0.786. The topological polar surface area (TPSA) is 20.3 Å². The molecule has 0 saturated heterocycles. The van der Waals surface area contributed by atoms with Gasteiger partial charge in [-0.1, -0.05) is 24.3 Å². The maximum absolute atomic E-state index is 11.6. The molecule has 1 unspecified atom stereocenters. The Hall–Kier alpha value is -1.31. The van der Waals surface area contributed by atoms with Crippen LogP contribution in [0.25, 0.3) is 0 Å². The molecular weight excluding hydrogens is 198 g/mol.